The van der Waals surface area contributed by atoms with Gasteiger partial charge in [0.25, 0.3) is 0 Å². The van der Waals surface area contributed by atoms with Gasteiger partial charge in [-0.1, -0.05) is 41.9 Å². The van der Waals surface area contributed by atoms with Crippen LogP contribution in [0.3, 0.4) is 0 Å². The van der Waals surface area contributed by atoms with E-state index in [9.17, 15) is 0 Å². The predicted molar refractivity (Wildman–Crippen MR) is 80.9 cm³/mol. The quantitative estimate of drug-likeness (QED) is 0.817. The lowest BCUT2D eigenvalue weighted by atomic mass is 9.92. The normalized spacial score (nSPS) is 16.9. The smallest absolute Gasteiger partial charge is 0.0594 e. The van der Waals surface area contributed by atoms with Crippen LogP contribution >= 0.6 is 15.9 Å². The Labute approximate surface area is 119 Å². The van der Waals surface area contributed by atoms with Crippen molar-refractivity contribution in [2.75, 3.05) is 26.3 Å². The number of morpholine rings is 1. The second kappa shape index (κ2) is 7.27. The van der Waals surface area contributed by atoms with E-state index < -0.39 is 0 Å². The van der Waals surface area contributed by atoms with Crippen LogP contribution in [0.1, 0.15) is 33.3 Å². The minimum atomic E-state index is 0.0878. The molecule has 0 spiro atoms. The zero-order chi connectivity index (χ0) is 13.6. The second-order valence-electron chi connectivity index (χ2n) is 4.67. The Morgan fingerprint density at radius 1 is 1.06 bits per heavy atom. The van der Waals surface area contributed by atoms with Crippen molar-refractivity contribution in [2.24, 2.45) is 0 Å². The lowest BCUT2D eigenvalue weighted by molar-refractivity contribution is -0.0118. The molecule has 102 valence electrons. The fourth-order valence-corrected chi connectivity index (χ4v) is 2.43. The molecule has 1 saturated heterocycles. The summed E-state index contributed by atoms with van der Waals surface area (Å²) in [7, 11) is 0. The standard InChI is InChI=1S/C13H18BrNO.C2H6/c1-13(2,15-7-9-16-10-8-15)11-3-5-12(14)6-4-11;1-2/h3-6H,7-10H2,1-2H3;1-2H3. The first kappa shape index (κ1) is 15.7. The molecule has 1 aromatic carbocycles. The number of ether oxygens (including phenoxy) is 1. The molecule has 1 fully saturated rings. The number of hydrogen-bond donors (Lipinski definition) is 0. The van der Waals surface area contributed by atoms with E-state index in [1.165, 1.54) is 5.56 Å². The van der Waals surface area contributed by atoms with Gasteiger partial charge in [-0.05, 0) is 31.5 Å². The van der Waals surface area contributed by atoms with Crippen LogP contribution in [-0.4, -0.2) is 31.2 Å². The van der Waals surface area contributed by atoms with Gasteiger partial charge in [0.05, 0.1) is 13.2 Å². The van der Waals surface area contributed by atoms with Crippen LogP contribution in [0.5, 0.6) is 0 Å². The van der Waals surface area contributed by atoms with Crippen molar-refractivity contribution >= 4 is 15.9 Å². The summed E-state index contributed by atoms with van der Waals surface area (Å²) in [5.41, 5.74) is 1.45. The van der Waals surface area contributed by atoms with Gasteiger partial charge >= 0.3 is 0 Å². The highest BCUT2D eigenvalue weighted by Crippen LogP contribution is 2.29. The van der Waals surface area contributed by atoms with Crippen LogP contribution in [0.2, 0.25) is 0 Å². The van der Waals surface area contributed by atoms with Crippen molar-refractivity contribution in [2.45, 2.75) is 33.2 Å². The molecule has 1 aliphatic rings. The Kier molecular flexibility index (Phi) is 6.33. The Hall–Kier alpha value is -0.380. The van der Waals surface area contributed by atoms with Crippen molar-refractivity contribution in [1.29, 1.82) is 0 Å². The van der Waals surface area contributed by atoms with Gasteiger partial charge in [-0.25, -0.2) is 0 Å². The molecular formula is C15H24BrNO. The molecule has 1 aromatic rings. The van der Waals surface area contributed by atoms with E-state index in [1.54, 1.807) is 0 Å². The molecule has 18 heavy (non-hydrogen) atoms. The van der Waals surface area contributed by atoms with Crippen molar-refractivity contribution in [3.05, 3.63) is 34.3 Å². The maximum absolute atomic E-state index is 5.40. The lowest BCUT2D eigenvalue weighted by Crippen LogP contribution is -2.47. The highest BCUT2D eigenvalue weighted by atomic mass is 79.9. The topological polar surface area (TPSA) is 12.5 Å². The molecule has 3 heteroatoms. The predicted octanol–water partition coefficient (Wildman–Crippen LogP) is 4.04. The maximum atomic E-state index is 5.40. The average Bonchev–Trinajstić information content (AvgIpc) is 2.42. The minimum Gasteiger partial charge on any atom is -0.379 e. The van der Waals surface area contributed by atoms with Gasteiger partial charge in [0.15, 0.2) is 0 Å². The molecule has 0 aliphatic carbocycles. The first-order chi connectivity index (χ1) is 8.60. The lowest BCUT2D eigenvalue weighted by Gasteiger charge is -2.41. The van der Waals surface area contributed by atoms with Crippen LogP contribution in [0.4, 0.5) is 0 Å². The van der Waals surface area contributed by atoms with Gasteiger partial charge in [-0.3, -0.25) is 4.90 Å². The Morgan fingerprint density at radius 2 is 1.56 bits per heavy atom. The number of benzene rings is 1. The Balaban J connectivity index is 0.000000771. The highest BCUT2D eigenvalue weighted by Gasteiger charge is 2.29. The van der Waals surface area contributed by atoms with E-state index in [-0.39, 0.29) is 5.54 Å². The van der Waals surface area contributed by atoms with Gasteiger partial charge < -0.3 is 4.74 Å². The maximum Gasteiger partial charge on any atom is 0.0594 e. The van der Waals surface area contributed by atoms with E-state index in [0.29, 0.717) is 0 Å². The molecule has 0 radical (unpaired) electrons. The minimum absolute atomic E-state index is 0.0878. The zero-order valence-electron chi connectivity index (χ0n) is 11.9. The number of hydrogen-bond acceptors (Lipinski definition) is 2. The molecule has 0 aromatic heterocycles. The second-order valence-corrected chi connectivity index (χ2v) is 5.58. The van der Waals surface area contributed by atoms with Crippen molar-refractivity contribution < 1.29 is 4.74 Å². The van der Waals surface area contributed by atoms with Gasteiger partial charge in [0, 0.05) is 23.1 Å². The molecule has 0 saturated carbocycles. The van der Waals surface area contributed by atoms with E-state index in [1.807, 2.05) is 13.8 Å². The fraction of sp³-hybridized carbons (Fsp3) is 0.600. The molecule has 2 rings (SSSR count). The molecule has 0 N–H and O–H groups in total. The van der Waals surface area contributed by atoms with Gasteiger partial charge in [0.1, 0.15) is 0 Å². The van der Waals surface area contributed by atoms with Gasteiger partial charge in [-0.2, -0.15) is 0 Å². The molecule has 2 nitrogen and oxygen atoms in total. The van der Waals surface area contributed by atoms with Crippen LogP contribution in [-0.2, 0) is 10.3 Å². The number of rotatable bonds is 2. The summed E-state index contributed by atoms with van der Waals surface area (Å²) in [6, 6.07) is 8.61. The molecule has 1 heterocycles. The molecule has 0 amide bonds. The third-order valence-electron chi connectivity index (χ3n) is 3.35. The molecule has 0 unspecified atom stereocenters. The van der Waals surface area contributed by atoms with Gasteiger partial charge in [0.2, 0.25) is 0 Å². The van der Waals surface area contributed by atoms with Crippen LogP contribution in [0.15, 0.2) is 28.7 Å². The van der Waals surface area contributed by atoms with E-state index in [0.717, 1.165) is 30.8 Å². The largest absolute Gasteiger partial charge is 0.379 e. The summed E-state index contributed by atoms with van der Waals surface area (Å²) >= 11 is 3.47. The summed E-state index contributed by atoms with van der Waals surface area (Å²) in [5.74, 6) is 0. The molecular weight excluding hydrogens is 290 g/mol. The third-order valence-corrected chi connectivity index (χ3v) is 3.88. The van der Waals surface area contributed by atoms with Gasteiger partial charge in [-0.15, -0.1) is 0 Å². The summed E-state index contributed by atoms with van der Waals surface area (Å²) in [6.45, 7) is 12.3. The van der Waals surface area contributed by atoms with Crippen LogP contribution in [0, 0.1) is 0 Å². The summed E-state index contributed by atoms with van der Waals surface area (Å²) in [6.07, 6.45) is 0. The SMILES string of the molecule is CC.CC(C)(c1ccc(Br)cc1)N1CCOCC1. The van der Waals surface area contributed by atoms with Crippen LogP contribution in [0.25, 0.3) is 0 Å². The highest BCUT2D eigenvalue weighted by molar-refractivity contribution is 9.10. The van der Waals surface area contributed by atoms with E-state index in [4.69, 9.17) is 4.74 Å². The molecule has 0 atom stereocenters. The van der Waals surface area contributed by atoms with Crippen LogP contribution < -0.4 is 0 Å². The molecule has 0 bridgehead atoms. The van der Waals surface area contributed by atoms with E-state index >= 15 is 0 Å². The summed E-state index contributed by atoms with van der Waals surface area (Å²) in [5, 5.41) is 0. The summed E-state index contributed by atoms with van der Waals surface area (Å²) in [4.78, 5) is 2.49. The van der Waals surface area contributed by atoms with Crippen molar-refractivity contribution in [1.82, 2.24) is 4.90 Å². The monoisotopic (exact) mass is 313 g/mol. The number of nitrogens with zero attached hydrogens (tertiary/aromatic N) is 1. The third kappa shape index (κ3) is 3.81. The number of halogens is 1. The van der Waals surface area contributed by atoms with Crippen molar-refractivity contribution in [3.8, 4) is 0 Å². The Morgan fingerprint density at radius 3 is 2.06 bits per heavy atom. The van der Waals surface area contributed by atoms with E-state index in [2.05, 4.69) is 58.9 Å². The molecule has 1 aliphatic heterocycles. The first-order valence-corrected chi connectivity index (χ1v) is 7.49. The first-order valence-electron chi connectivity index (χ1n) is 6.69. The zero-order valence-corrected chi connectivity index (χ0v) is 13.5. The Bertz CT molecular complexity index is 342. The fourth-order valence-electron chi connectivity index (χ4n) is 2.16. The van der Waals surface area contributed by atoms with Crippen molar-refractivity contribution in [3.63, 3.8) is 0 Å². The summed E-state index contributed by atoms with van der Waals surface area (Å²) < 4.78 is 6.53. The average molecular weight is 314 g/mol.